The second kappa shape index (κ2) is 11.6. The first-order valence-corrected chi connectivity index (χ1v) is 14.5. The summed E-state index contributed by atoms with van der Waals surface area (Å²) in [6.45, 7) is 17.1. The smallest absolute Gasteiger partial charge is 0.321 e. The number of nitrogens with one attached hydrogen (secondary N) is 1. The number of likely N-dealkylation sites (N-methyl/N-ethyl adjacent to an activating group) is 1. The number of hydrogen-bond acceptors (Lipinski definition) is 8. The van der Waals surface area contributed by atoms with Crippen molar-refractivity contribution in [2.45, 2.75) is 45.2 Å². The van der Waals surface area contributed by atoms with Gasteiger partial charge < -0.3 is 29.0 Å². The molecule has 2 fully saturated rings. The highest BCUT2D eigenvalue weighted by molar-refractivity contribution is 5.93. The van der Waals surface area contributed by atoms with Crippen molar-refractivity contribution in [1.82, 2.24) is 30.0 Å². The molecule has 0 radical (unpaired) electrons. The van der Waals surface area contributed by atoms with E-state index in [9.17, 15) is 9.18 Å². The van der Waals surface area contributed by atoms with Crippen LogP contribution in [0.5, 0.6) is 11.9 Å². The molecule has 2 atom stereocenters. The first kappa shape index (κ1) is 28.6. The lowest BCUT2D eigenvalue weighted by Crippen LogP contribution is -2.56. The van der Waals surface area contributed by atoms with E-state index in [0.29, 0.717) is 37.8 Å². The van der Waals surface area contributed by atoms with Crippen molar-refractivity contribution < 1.29 is 18.7 Å². The third kappa shape index (κ3) is 5.41. The summed E-state index contributed by atoms with van der Waals surface area (Å²) in [5.74, 6) is -0.0283. The Hall–Kier alpha value is -4.50. The van der Waals surface area contributed by atoms with E-state index in [-0.39, 0.29) is 25.1 Å². The lowest BCUT2D eigenvalue weighted by molar-refractivity contribution is -0.131. The van der Waals surface area contributed by atoms with Gasteiger partial charge in [0, 0.05) is 43.0 Å². The zero-order valence-electron chi connectivity index (χ0n) is 24.7. The molecule has 43 heavy (non-hydrogen) atoms. The standard InChI is InChI=1S/C31H35FN8O3/c1-18-8-9-25-24(15-34-37-25)26(18)27-19(2)13-23-28(39-11-12-40(30(41)20(3)32)22(16-39)14-33-4)35-31(36-29(23)43-27)42-17-21-7-6-10-38(21)5/h8-9,15,21-22H,3,6-7,10-14,16-17H2,1-2,5H3,(H,34,37)/t21-,22-/m0/s1. The zero-order valence-corrected chi connectivity index (χ0v) is 24.7. The Kier molecular flexibility index (Phi) is 7.75. The van der Waals surface area contributed by atoms with Gasteiger partial charge in [-0.3, -0.25) is 9.89 Å². The van der Waals surface area contributed by atoms with Crippen molar-refractivity contribution in [2.75, 3.05) is 51.3 Å². The topological polar surface area (TPSA) is 104 Å². The van der Waals surface area contributed by atoms with Gasteiger partial charge in [0.05, 0.1) is 17.3 Å². The second-order valence-corrected chi connectivity index (χ2v) is 11.5. The van der Waals surface area contributed by atoms with Crippen molar-refractivity contribution >= 4 is 28.4 Å². The highest BCUT2D eigenvalue weighted by Gasteiger charge is 2.37. The molecular weight excluding hydrogens is 551 g/mol. The average molecular weight is 587 g/mol. The highest BCUT2D eigenvalue weighted by Crippen LogP contribution is 2.41. The number of rotatable bonds is 7. The Bertz CT molecular complexity index is 1660. The van der Waals surface area contributed by atoms with Crippen LogP contribution in [0.3, 0.4) is 0 Å². The first-order chi connectivity index (χ1) is 20.7. The van der Waals surface area contributed by atoms with E-state index in [4.69, 9.17) is 26.0 Å². The minimum atomic E-state index is -1.03. The second-order valence-electron chi connectivity index (χ2n) is 11.5. The number of aromatic nitrogens is 4. The molecule has 11 nitrogen and oxygen atoms in total. The van der Waals surface area contributed by atoms with Crippen LogP contribution in [0, 0.1) is 13.5 Å². The number of piperazine rings is 1. The summed E-state index contributed by atoms with van der Waals surface area (Å²) in [4.78, 5) is 31.4. The third-order valence-corrected chi connectivity index (χ3v) is 8.67. The van der Waals surface area contributed by atoms with Gasteiger partial charge >= 0.3 is 6.01 Å². The first-order valence-electron chi connectivity index (χ1n) is 14.5. The minimum Gasteiger partial charge on any atom is -0.462 e. The molecule has 6 rings (SSSR count). The number of benzene rings is 1. The molecule has 12 heteroatoms. The predicted octanol–water partition coefficient (Wildman–Crippen LogP) is 3.92. The molecule has 1 N–H and O–H groups in total. The summed E-state index contributed by atoms with van der Waals surface area (Å²) in [6.07, 6.45) is 4.50. The van der Waals surface area contributed by atoms with Crippen LogP contribution in [0.2, 0.25) is 0 Å². The fraction of sp³-hybridized carbons (Fsp3) is 0.452. The zero-order chi connectivity index (χ0) is 30.2. The van der Waals surface area contributed by atoms with Crippen molar-refractivity contribution in [2.24, 2.45) is 0 Å². The number of allylic oxidation sites excluding steroid dienone is 1. The van der Waals surface area contributed by atoms with Gasteiger partial charge in [0.15, 0.2) is 5.83 Å². The molecule has 5 heterocycles. The van der Waals surface area contributed by atoms with Crippen LogP contribution >= 0.6 is 0 Å². The largest absolute Gasteiger partial charge is 0.462 e. The summed E-state index contributed by atoms with van der Waals surface area (Å²) < 4.78 is 26.6. The monoisotopic (exact) mass is 586 g/mol. The number of aryl methyl sites for hydroxylation is 1. The number of amides is 1. The normalized spacial score (nSPS) is 20.6. The van der Waals surface area contributed by atoms with Gasteiger partial charge in [-0.1, -0.05) is 12.6 Å². The lowest BCUT2D eigenvalue weighted by Gasteiger charge is -2.40. The summed E-state index contributed by atoms with van der Waals surface area (Å²) in [5.41, 5.74) is 4.74. The predicted molar refractivity (Wildman–Crippen MR) is 160 cm³/mol. The van der Waals surface area contributed by atoms with Crippen molar-refractivity contribution in [1.29, 1.82) is 0 Å². The Balaban J connectivity index is 1.38. The van der Waals surface area contributed by atoms with Crippen LogP contribution in [0.4, 0.5) is 10.2 Å². The molecule has 224 valence electrons. The number of ether oxygens (including phenoxy) is 2. The number of likely N-dealkylation sites (tertiary alicyclic amines) is 1. The van der Waals surface area contributed by atoms with E-state index in [2.05, 4.69) is 33.6 Å². The van der Waals surface area contributed by atoms with Crippen LogP contribution < -0.4 is 14.4 Å². The fourth-order valence-electron chi connectivity index (χ4n) is 6.31. The van der Waals surface area contributed by atoms with Gasteiger partial charge in [-0.05, 0) is 57.5 Å². The number of H-pyrrole nitrogens is 1. The molecule has 2 aromatic heterocycles. The number of nitrogens with zero attached hydrogens (tertiary/aromatic N) is 7. The number of anilines is 1. The number of fused-ring (bicyclic) bond motifs is 2. The van der Waals surface area contributed by atoms with E-state index in [1.165, 1.54) is 4.90 Å². The Morgan fingerprint density at radius 3 is 2.84 bits per heavy atom. The van der Waals surface area contributed by atoms with Crippen LogP contribution in [0.25, 0.3) is 21.5 Å². The van der Waals surface area contributed by atoms with Crippen molar-refractivity contribution in [3.05, 3.63) is 64.4 Å². The molecule has 1 amide bonds. The van der Waals surface area contributed by atoms with Gasteiger partial charge in [-0.25, -0.2) is 11.0 Å². The molecule has 0 saturated carbocycles. The molecule has 3 aliphatic heterocycles. The van der Waals surface area contributed by atoms with Gasteiger partial charge in [-0.2, -0.15) is 15.1 Å². The van der Waals surface area contributed by atoms with Crippen LogP contribution in [0.15, 0.2) is 36.3 Å². The van der Waals surface area contributed by atoms with E-state index in [1.807, 2.05) is 30.9 Å². The van der Waals surface area contributed by atoms with Gasteiger partial charge in [0.2, 0.25) is 12.4 Å². The Labute approximate surface area is 249 Å². The molecule has 0 spiro atoms. The minimum absolute atomic E-state index is 0.0354. The van der Waals surface area contributed by atoms with Gasteiger partial charge in [0.1, 0.15) is 24.2 Å². The quantitative estimate of drug-likeness (QED) is 0.328. The van der Waals surface area contributed by atoms with Crippen LogP contribution in [-0.4, -0.2) is 94.3 Å². The van der Waals surface area contributed by atoms with Gasteiger partial charge in [-0.15, -0.1) is 0 Å². The number of carbonyl (C=O) groups is 1. The Morgan fingerprint density at radius 1 is 1.26 bits per heavy atom. The fourth-order valence-corrected chi connectivity index (χ4v) is 6.31. The average Bonchev–Trinajstić information content (AvgIpc) is 3.64. The van der Waals surface area contributed by atoms with Crippen LogP contribution in [0.1, 0.15) is 36.5 Å². The SMILES string of the molecule is [C-]#[N+]C[C@H]1CN(c2nc(OC[C@@H]3CCCN3C)nc3c2CC(C)=C(c2c(C)ccc4[nH]ncc24)O3)CCN1C(=O)C(=C)F. The molecule has 2 saturated heterocycles. The maximum absolute atomic E-state index is 13.8. The summed E-state index contributed by atoms with van der Waals surface area (Å²) >= 11 is 0. The summed E-state index contributed by atoms with van der Waals surface area (Å²) in [6, 6.07) is 4.00. The van der Waals surface area contributed by atoms with E-state index in [1.54, 1.807) is 6.20 Å². The molecule has 0 bridgehead atoms. The number of halogens is 1. The summed E-state index contributed by atoms with van der Waals surface area (Å²) in [7, 11) is 2.09. The molecule has 3 aromatic rings. The third-order valence-electron chi connectivity index (χ3n) is 8.67. The number of carbonyl (C=O) groups excluding carboxylic acids is 1. The van der Waals surface area contributed by atoms with Crippen molar-refractivity contribution in [3.63, 3.8) is 0 Å². The number of aromatic amines is 1. The van der Waals surface area contributed by atoms with Crippen molar-refractivity contribution in [3.8, 4) is 11.9 Å². The maximum Gasteiger partial charge on any atom is 0.321 e. The van der Waals surface area contributed by atoms with E-state index in [0.717, 1.165) is 58.3 Å². The molecule has 1 aromatic carbocycles. The Morgan fingerprint density at radius 2 is 2.09 bits per heavy atom. The summed E-state index contributed by atoms with van der Waals surface area (Å²) in [5, 5.41) is 8.24. The van der Waals surface area contributed by atoms with Gasteiger partial charge in [0.25, 0.3) is 5.91 Å². The highest BCUT2D eigenvalue weighted by atomic mass is 19.1. The van der Waals surface area contributed by atoms with E-state index < -0.39 is 17.8 Å². The molecule has 0 unspecified atom stereocenters. The molecular formula is C31H35FN8O3. The van der Waals surface area contributed by atoms with Crippen LogP contribution in [-0.2, 0) is 11.2 Å². The lowest BCUT2D eigenvalue weighted by atomic mass is 9.95. The number of hydrogen-bond donors (Lipinski definition) is 1. The maximum atomic E-state index is 13.8. The molecule has 0 aliphatic carbocycles. The molecule has 3 aliphatic rings. The van der Waals surface area contributed by atoms with E-state index >= 15 is 0 Å².